The van der Waals surface area contributed by atoms with E-state index < -0.39 is 11.2 Å². The lowest BCUT2D eigenvalue weighted by molar-refractivity contribution is 0.410. The Morgan fingerprint density at radius 1 is 1.16 bits per heavy atom. The van der Waals surface area contributed by atoms with E-state index in [1.807, 2.05) is 6.07 Å². The first-order valence-electron chi connectivity index (χ1n) is 5.45. The zero-order valence-electron chi connectivity index (χ0n) is 9.96. The van der Waals surface area contributed by atoms with Gasteiger partial charge < -0.3 is 4.74 Å². The van der Waals surface area contributed by atoms with Crippen LogP contribution in [0.4, 0.5) is 4.39 Å². The molecular formula is C14H10Cl2FIO. The van der Waals surface area contributed by atoms with Crippen molar-refractivity contribution in [1.29, 1.82) is 0 Å². The summed E-state index contributed by atoms with van der Waals surface area (Å²) in [6, 6.07) is 10.0. The molecule has 0 aliphatic heterocycles. The molecule has 1 nitrogen and oxygen atoms in total. The molecule has 0 saturated heterocycles. The number of hydrogen-bond donors (Lipinski definition) is 0. The zero-order valence-corrected chi connectivity index (χ0v) is 13.6. The minimum Gasteiger partial charge on any atom is -0.497 e. The average Bonchev–Trinajstić information content (AvgIpc) is 2.40. The van der Waals surface area contributed by atoms with Gasteiger partial charge in [-0.3, -0.25) is 0 Å². The van der Waals surface area contributed by atoms with Gasteiger partial charge in [0.05, 0.1) is 12.5 Å². The molecule has 1 atom stereocenters. The largest absolute Gasteiger partial charge is 0.497 e. The van der Waals surface area contributed by atoms with Gasteiger partial charge >= 0.3 is 0 Å². The number of ether oxygens (including phenoxy) is 1. The van der Waals surface area contributed by atoms with Crippen LogP contribution in [0.1, 0.15) is 16.5 Å². The molecule has 0 fully saturated rings. The minimum atomic E-state index is -0.587. The molecule has 0 aromatic heterocycles. The van der Waals surface area contributed by atoms with Crippen LogP contribution in [0, 0.1) is 9.39 Å². The summed E-state index contributed by atoms with van der Waals surface area (Å²) in [5.41, 5.74) is 1.20. The fourth-order valence-electron chi connectivity index (χ4n) is 1.72. The standard InChI is InChI=1S/C14H10Cl2FIO/c1-19-9-3-4-10(12(17)7-9)14(16)11-6-8(15)2-5-13(11)18/h2-7,14H,1H3. The summed E-state index contributed by atoms with van der Waals surface area (Å²) < 4.78 is 19.9. The lowest BCUT2D eigenvalue weighted by atomic mass is 10.0. The Hall–Kier alpha value is -0.520. The monoisotopic (exact) mass is 410 g/mol. The predicted molar refractivity (Wildman–Crippen MR) is 84.8 cm³/mol. The van der Waals surface area contributed by atoms with Crippen LogP contribution in [0.2, 0.25) is 5.02 Å². The first kappa shape index (κ1) is 14.9. The van der Waals surface area contributed by atoms with Gasteiger partial charge in [0.1, 0.15) is 11.6 Å². The summed E-state index contributed by atoms with van der Waals surface area (Å²) in [6.45, 7) is 0. The van der Waals surface area contributed by atoms with Gasteiger partial charge in [0.2, 0.25) is 0 Å². The number of rotatable bonds is 3. The molecule has 0 bridgehead atoms. The van der Waals surface area contributed by atoms with Crippen LogP contribution in [-0.4, -0.2) is 7.11 Å². The lowest BCUT2D eigenvalue weighted by Crippen LogP contribution is -2.00. The fourth-order valence-corrected chi connectivity index (χ4v) is 3.09. The fraction of sp³-hybridized carbons (Fsp3) is 0.143. The van der Waals surface area contributed by atoms with Crippen LogP contribution >= 0.6 is 45.8 Å². The molecule has 2 aromatic carbocycles. The molecular weight excluding hydrogens is 401 g/mol. The lowest BCUT2D eigenvalue weighted by Gasteiger charge is -2.14. The summed E-state index contributed by atoms with van der Waals surface area (Å²) >= 11 is 14.5. The highest BCUT2D eigenvalue weighted by atomic mass is 127. The molecule has 0 heterocycles. The van der Waals surface area contributed by atoms with Crippen molar-refractivity contribution < 1.29 is 9.13 Å². The predicted octanol–water partition coefficient (Wildman–Crippen LogP) is 5.42. The Morgan fingerprint density at radius 3 is 2.53 bits per heavy atom. The van der Waals surface area contributed by atoms with Crippen LogP contribution in [0.3, 0.4) is 0 Å². The van der Waals surface area contributed by atoms with Crippen molar-refractivity contribution >= 4 is 45.8 Å². The van der Waals surface area contributed by atoms with Gasteiger partial charge in [0.15, 0.2) is 0 Å². The van der Waals surface area contributed by atoms with Crippen LogP contribution in [0.15, 0.2) is 36.4 Å². The number of hydrogen-bond acceptors (Lipinski definition) is 1. The SMILES string of the molecule is COc1ccc(C(Cl)c2cc(Cl)ccc2I)c(F)c1. The summed E-state index contributed by atoms with van der Waals surface area (Å²) in [6.07, 6.45) is 0. The third kappa shape index (κ3) is 3.33. The van der Waals surface area contributed by atoms with E-state index in [0.717, 1.165) is 9.13 Å². The summed E-state index contributed by atoms with van der Waals surface area (Å²) in [4.78, 5) is 0. The van der Waals surface area contributed by atoms with Crippen LogP contribution in [-0.2, 0) is 0 Å². The third-order valence-electron chi connectivity index (χ3n) is 2.71. The van der Waals surface area contributed by atoms with Crippen molar-refractivity contribution in [3.05, 3.63) is 61.9 Å². The van der Waals surface area contributed by atoms with E-state index in [0.29, 0.717) is 16.3 Å². The molecule has 5 heteroatoms. The van der Waals surface area contributed by atoms with E-state index in [2.05, 4.69) is 22.6 Å². The Balaban J connectivity index is 2.43. The van der Waals surface area contributed by atoms with Gasteiger partial charge in [-0.15, -0.1) is 11.6 Å². The zero-order chi connectivity index (χ0) is 14.0. The molecule has 0 radical (unpaired) electrons. The van der Waals surface area contributed by atoms with Crippen molar-refractivity contribution in [1.82, 2.24) is 0 Å². The number of halogens is 4. The Kier molecular flexibility index (Phi) is 4.92. The van der Waals surface area contributed by atoms with Crippen LogP contribution in [0.25, 0.3) is 0 Å². The highest BCUT2D eigenvalue weighted by Gasteiger charge is 2.18. The first-order chi connectivity index (χ1) is 9.02. The second-order valence-corrected chi connectivity index (χ2v) is 5.95. The summed E-state index contributed by atoms with van der Waals surface area (Å²) in [5.74, 6) is 0.0704. The van der Waals surface area contributed by atoms with Gasteiger partial charge in [-0.1, -0.05) is 17.7 Å². The molecule has 0 aliphatic rings. The smallest absolute Gasteiger partial charge is 0.131 e. The molecule has 0 N–H and O–H groups in total. The Morgan fingerprint density at radius 2 is 1.89 bits per heavy atom. The maximum Gasteiger partial charge on any atom is 0.131 e. The van der Waals surface area contributed by atoms with Gasteiger partial charge in [-0.2, -0.15) is 0 Å². The van der Waals surface area contributed by atoms with E-state index in [1.165, 1.54) is 13.2 Å². The van der Waals surface area contributed by atoms with Gasteiger partial charge in [-0.25, -0.2) is 4.39 Å². The average molecular weight is 411 g/mol. The molecule has 0 saturated carbocycles. The van der Waals surface area contributed by atoms with Crippen LogP contribution in [0.5, 0.6) is 5.75 Å². The molecule has 1 unspecified atom stereocenters. The second kappa shape index (κ2) is 6.29. The minimum absolute atomic E-state index is 0.393. The summed E-state index contributed by atoms with van der Waals surface area (Å²) in [7, 11) is 1.49. The van der Waals surface area contributed by atoms with Gasteiger partial charge in [0, 0.05) is 20.2 Å². The normalized spacial score (nSPS) is 12.3. The molecule has 19 heavy (non-hydrogen) atoms. The van der Waals surface area contributed by atoms with Crippen molar-refractivity contribution in [3.8, 4) is 5.75 Å². The van der Waals surface area contributed by atoms with E-state index in [9.17, 15) is 4.39 Å². The van der Waals surface area contributed by atoms with Crippen LogP contribution < -0.4 is 4.74 Å². The number of benzene rings is 2. The van der Waals surface area contributed by atoms with E-state index in [-0.39, 0.29) is 0 Å². The van der Waals surface area contributed by atoms with Gasteiger partial charge in [0.25, 0.3) is 0 Å². The molecule has 2 rings (SSSR count). The quantitative estimate of drug-likeness (QED) is 0.484. The topological polar surface area (TPSA) is 9.23 Å². The van der Waals surface area contributed by atoms with Crippen molar-refractivity contribution in [2.45, 2.75) is 5.38 Å². The molecule has 0 spiro atoms. The number of methoxy groups -OCH3 is 1. The Labute approximate surface area is 134 Å². The highest BCUT2D eigenvalue weighted by molar-refractivity contribution is 14.1. The van der Waals surface area contributed by atoms with Gasteiger partial charge in [-0.05, 0) is 52.4 Å². The first-order valence-corrected chi connectivity index (χ1v) is 7.34. The molecule has 2 aromatic rings. The second-order valence-electron chi connectivity index (χ2n) is 3.92. The van der Waals surface area contributed by atoms with Crippen molar-refractivity contribution in [3.63, 3.8) is 0 Å². The van der Waals surface area contributed by atoms with Crippen molar-refractivity contribution in [2.24, 2.45) is 0 Å². The number of alkyl halides is 1. The molecule has 100 valence electrons. The highest BCUT2D eigenvalue weighted by Crippen LogP contribution is 2.35. The molecule has 0 amide bonds. The maximum absolute atomic E-state index is 14.0. The van der Waals surface area contributed by atoms with E-state index in [4.69, 9.17) is 27.9 Å². The maximum atomic E-state index is 14.0. The third-order valence-corrected chi connectivity index (χ3v) is 4.40. The summed E-state index contributed by atoms with van der Waals surface area (Å²) in [5, 5.41) is -0.00788. The van der Waals surface area contributed by atoms with Crippen molar-refractivity contribution in [2.75, 3.05) is 7.11 Å². The Bertz CT molecular complexity index is 604. The molecule has 0 aliphatic carbocycles. The van der Waals surface area contributed by atoms with E-state index >= 15 is 0 Å². The van der Waals surface area contributed by atoms with E-state index in [1.54, 1.807) is 24.3 Å².